The van der Waals surface area contributed by atoms with Gasteiger partial charge >= 0.3 is 5.97 Å². The first-order valence-corrected chi connectivity index (χ1v) is 8.47. The molecule has 0 aromatic rings. The van der Waals surface area contributed by atoms with Gasteiger partial charge in [-0.3, -0.25) is 4.79 Å². The Bertz CT molecular complexity index is 323. The molecule has 0 radical (unpaired) electrons. The Hall–Kier alpha value is -1.13. The van der Waals surface area contributed by atoms with Crippen LogP contribution in [-0.4, -0.2) is 33.5 Å². The highest BCUT2D eigenvalue weighted by molar-refractivity contribution is 5.66. The van der Waals surface area contributed by atoms with Crippen molar-refractivity contribution >= 4 is 5.97 Å². The number of allylic oxidation sites excluding steroid dienone is 3. The molecule has 0 bridgehead atoms. The summed E-state index contributed by atoms with van der Waals surface area (Å²) in [5.41, 5.74) is 0. The second-order valence-electron chi connectivity index (χ2n) is 5.68. The summed E-state index contributed by atoms with van der Waals surface area (Å²) in [7, 11) is 0. The highest BCUT2D eigenvalue weighted by atomic mass is 16.4. The summed E-state index contributed by atoms with van der Waals surface area (Å²) in [4.78, 5) is 10.3. The number of carboxylic acids is 1. The Morgan fingerprint density at radius 3 is 2.45 bits per heavy atom. The zero-order chi connectivity index (χ0) is 16.6. The average Bonchev–Trinajstić information content (AvgIpc) is 2.48. The number of unbranched alkanes of at least 4 members (excludes halogenated alkanes) is 5. The van der Waals surface area contributed by atoms with Gasteiger partial charge in [-0.25, -0.2) is 0 Å². The molecule has 0 aromatic carbocycles. The Balaban J connectivity index is 3.65. The van der Waals surface area contributed by atoms with Crippen LogP contribution in [0.4, 0.5) is 0 Å². The fourth-order valence-corrected chi connectivity index (χ4v) is 2.13. The van der Waals surface area contributed by atoms with Crippen molar-refractivity contribution in [1.82, 2.24) is 0 Å². The molecule has 2 unspecified atom stereocenters. The van der Waals surface area contributed by atoms with Crippen LogP contribution in [0.15, 0.2) is 24.3 Å². The summed E-state index contributed by atoms with van der Waals surface area (Å²) in [6.07, 6.45) is 14.5. The lowest BCUT2D eigenvalue weighted by Crippen LogP contribution is -2.23. The third-order valence-corrected chi connectivity index (χ3v) is 3.53. The van der Waals surface area contributed by atoms with Crippen LogP contribution in [0.2, 0.25) is 0 Å². The molecule has 0 amide bonds. The summed E-state index contributed by atoms with van der Waals surface area (Å²) < 4.78 is 0. The lowest BCUT2D eigenvalue weighted by atomic mass is 10.0. The number of hydrogen-bond donors (Lipinski definition) is 3. The maximum atomic E-state index is 10.3. The Morgan fingerprint density at radius 2 is 1.77 bits per heavy atom. The Kier molecular flexibility index (Phi) is 14.0. The SMILES string of the molecule is CCCCC/C=C/C/C=C/C(O)C(O)CCCCCC(=O)O. The van der Waals surface area contributed by atoms with E-state index in [1.807, 2.05) is 6.08 Å². The minimum absolute atomic E-state index is 0.170. The van der Waals surface area contributed by atoms with E-state index in [4.69, 9.17) is 5.11 Å². The molecule has 128 valence electrons. The number of hydrogen-bond acceptors (Lipinski definition) is 3. The van der Waals surface area contributed by atoms with Gasteiger partial charge in [-0.2, -0.15) is 0 Å². The molecule has 2 atom stereocenters. The van der Waals surface area contributed by atoms with Crippen molar-refractivity contribution in [2.24, 2.45) is 0 Å². The van der Waals surface area contributed by atoms with Crippen LogP contribution in [0.1, 0.15) is 71.1 Å². The first-order chi connectivity index (χ1) is 10.6. The van der Waals surface area contributed by atoms with Gasteiger partial charge in [0.15, 0.2) is 0 Å². The van der Waals surface area contributed by atoms with Gasteiger partial charge in [0.05, 0.1) is 12.2 Å². The molecule has 22 heavy (non-hydrogen) atoms. The second kappa shape index (κ2) is 14.8. The monoisotopic (exact) mass is 312 g/mol. The van der Waals surface area contributed by atoms with E-state index in [1.54, 1.807) is 6.08 Å². The van der Waals surface area contributed by atoms with Crippen LogP contribution in [-0.2, 0) is 4.79 Å². The van der Waals surface area contributed by atoms with Gasteiger partial charge in [0.2, 0.25) is 0 Å². The zero-order valence-corrected chi connectivity index (χ0v) is 13.8. The average molecular weight is 312 g/mol. The van der Waals surface area contributed by atoms with E-state index in [2.05, 4.69) is 19.1 Å². The first-order valence-electron chi connectivity index (χ1n) is 8.47. The fourth-order valence-electron chi connectivity index (χ4n) is 2.13. The predicted octanol–water partition coefficient (Wildman–Crippen LogP) is 3.83. The standard InChI is InChI=1S/C18H32O4/c1-2-3-4-5-6-7-8-10-13-16(19)17(20)14-11-9-12-15-18(21)22/h6-7,10,13,16-17,19-20H,2-5,8-9,11-12,14-15H2,1H3,(H,21,22)/b7-6+,13-10+. The van der Waals surface area contributed by atoms with Crippen LogP contribution in [0.25, 0.3) is 0 Å². The summed E-state index contributed by atoms with van der Waals surface area (Å²) in [5, 5.41) is 28.1. The van der Waals surface area contributed by atoms with E-state index in [-0.39, 0.29) is 6.42 Å². The lowest BCUT2D eigenvalue weighted by Gasteiger charge is -2.14. The highest BCUT2D eigenvalue weighted by Crippen LogP contribution is 2.09. The molecule has 0 aliphatic heterocycles. The molecule has 0 fully saturated rings. The number of carbonyl (C=O) groups is 1. The normalized spacial score (nSPS) is 14.7. The third kappa shape index (κ3) is 13.8. The highest BCUT2D eigenvalue weighted by Gasteiger charge is 2.12. The largest absolute Gasteiger partial charge is 0.481 e. The smallest absolute Gasteiger partial charge is 0.303 e. The van der Waals surface area contributed by atoms with Crippen LogP contribution in [0.5, 0.6) is 0 Å². The minimum Gasteiger partial charge on any atom is -0.481 e. The fraction of sp³-hybridized carbons (Fsp3) is 0.722. The Labute approximate surface area is 134 Å². The van der Waals surface area contributed by atoms with Crippen molar-refractivity contribution in [1.29, 1.82) is 0 Å². The van der Waals surface area contributed by atoms with Gasteiger partial charge < -0.3 is 15.3 Å². The lowest BCUT2D eigenvalue weighted by molar-refractivity contribution is -0.137. The molecular weight excluding hydrogens is 280 g/mol. The van der Waals surface area contributed by atoms with Gasteiger partial charge in [0.1, 0.15) is 0 Å². The van der Waals surface area contributed by atoms with Crippen LogP contribution in [0.3, 0.4) is 0 Å². The molecule has 4 nitrogen and oxygen atoms in total. The summed E-state index contributed by atoms with van der Waals surface area (Å²) in [5.74, 6) is -0.786. The number of aliphatic carboxylic acids is 1. The van der Waals surface area contributed by atoms with E-state index in [1.165, 1.54) is 19.3 Å². The molecule has 0 saturated carbocycles. The summed E-state index contributed by atoms with van der Waals surface area (Å²) in [6.45, 7) is 2.19. The maximum Gasteiger partial charge on any atom is 0.303 e. The summed E-state index contributed by atoms with van der Waals surface area (Å²) >= 11 is 0. The van der Waals surface area contributed by atoms with E-state index in [0.29, 0.717) is 12.8 Å². The van der Waals surface area contributed by atoms with Crippen molar-refractivity contribution in [3.63, 3.8) is 0 Å². The molecule has 0 aliphatic rings. The van der Waals surface area contributed by atoms with Crippen molar-refractivity contribution < 1.29 is 20.1 Å². The van der Waals surface area contributed by atoms with Crippen LogP contribution >= 0.6 is 0 Å². The number of aliphatic hydroxyl groups is 2. The molecule has 0 aromatic heterocycles. The van der Waals surface area contributed by atoms with Crippen molar-refractivity contribution in [2.75, 3.05) is 0 Å². The van der Waals surface area contributed by atoms with Gasteiger partial charge in [-0.05, 0) is 32.1 Å². The van der Waals surface area contributed by atoms with E-state index >= 15 is 0 Å². The molecule has 0 spiro atoms. The minimum atomic E-state index is -0.840. The number of aliphatic hydroxyl groups excluding tert-OH is 2. The van der Waals surface area contributed by atoms with Crippen LogP contribution < -0.4 is 0 Å². The molecule has 0 saturated heterocycles. The molecule has 0 rings (SSSR count). The first kappa shape index (κ1) is 20.9. The van der Waals surface area contributed by atoms with E-state index in [9.17, 15) is 15.0 Å². The van der Waals surface area contributed by atoms with Crippen molar-refractivity contribution in [3.05, 3.63) is 24.3 Å². The van der Waals surface area contributed by atoms with E-state index < -0.39 is 18.2 Å². The van der Waals surface area contributed by atoms with Crippen molar-refractivity contribution in [3.8, 4) is 0 Å². The zero-order valence-electron chi connectivity index (χ0n) is 13.8. The van der Waals surface area contributed by atoms with Gasteiger partial charge in [0, 0.05) is 6.42 Å². The van der Waals surface area contributed by atoms with Gasteiger partial charge in [-0.15, -0.1) is 0 Å². The molecule has 0 heterocycles. The second-order valence-corrected chi connectivity index (χ2v) is 5.68. The predicted molar refractivity (Wildman–Crippen MR) is 89.8 cm³/mol. The van der Waals surface area contributed by atoms with E-state index in [0.717, 1.165) is 25.7 Å². The topological polar surface area (TPSA) is 77.8 Å². The molecular formula is C18H32O4. The molecule has 0 aliphatic carbocycles. The quantitative estimate of drug-likeness (QED) is 0.336. The third-order valence-electron chi connectivity index (χ3n) is 3.53. The molecule has 4 heteroatoms. The maximum absolute atomic E-state index is 10.3. The summed E-state index contributed by atoms with van der Waals surface area (Å²) in [6, 6.07) is 0. The van der Waals surface area contributed by atoms with Crippen molar-refractivity contribution in [2.45, 2.75) is 83.3 Å². The van der Waals surface area contributed by atoms with Crippen LogP contribution in [0, 0.1) is 0 Å². The van der Waals surface area contributed by atoms with Gasteiger partial charge in [0.25, 0.3) is 0 Å². The number of carboxylic acid groups (broad SMARTS) is 1. The Morgan fingerprint density at radius 1 is 1.00 bits per heavy atom. The number of rotatable bonds is 14. The molecule has 3 N–H and O–H groups in total. The van der Waals surface area contributed by atoms with Gasteiger partial charge in [-0.1, -0.05) is 56.9 Å².